The molecule has 4 aliphatic heterocycles. The van der Waals surface area contributed by atoms with E-state index in [1.807, 2.05) is 6.92 Å². The average Bonchev–Trinajstić information content (AvgIpc) is 3.03. The van der Waals surface area contributed by atoms with Crippen LogP contribution < -0.4 is 0 Å². The van der Waals surface area contributed by atoms with E-state index in [0.29, 0.717) is 12.8 Å². The smallest absolute Gasteiger partial charge is 0.306 e. The number of hydrogen-bond acceptors (Lipinski definition) is 14. The fourth-order valence-electron chi connectivity index (χ4n) is 6.00. The summed E-state index contributed by atoms with van der Waals surface area (Å²) in [5.41, 5.74) is 0. The molecule has 0 aromatic carbocycles. The van der Waals surface area contributed by atoms with Gasteiger partial charge in [0.05, 0.1) is 6.10 Å². The van der Waals surface area contributed by atoms with Crippen molar-refractivity contribution in [1.29, 1.82) is 0 Å². The van der Waals surface area contributed by atoms with Crippen LogP contribution in [0.15, 0.2) is 12.2 Å². The van der Waals surface area contributed by atoms with Crippen molar-refractivity contribution in [2.45, 2.75) is 172 Å². The van der Waals surface area contributed by atoms with Gasteiger partial charge in [0.15, 0.2) is 18.7 Å². The molecule has 4 aliphatic rings. The summed E-state index contributed by atoms with van der Waals surface area (Å²) in [5.74, 6) is -1.86. The number of fused-ring (bicyclic) bond motifs is 19. The van der Waals surface area contributed by atoms with Gasteiger partial charge in [-0.25, -0.2) is 0 Å². The monoisotopic (exact) mass is 688 g/mol. The molecule has 2 saturated heterocycles. The Labute approximate surface area is 283 Å². The maximum Gasteiger partial charge on any atom is 0.306 e. The van der Waals surface area contributed by atoms with Gasteiger partial charge >= 0.3 is 17.9 Å². The third-order valence-corrected chi connectivity index (χ3v) is 8.76. The van der Waals surface area contributed by atoms with Crippen LogP contribution in [-0.4, -0.2) is 119 Å². The molecule has 0 saturated carbocycles. The zero-order chi connectivity index (χ0) is 35.1. The first-order chi connectivity index (χ1) is 23.0. The fourth-order valence-corrected chi connectivity index (χ4v) is 6.00. The second-order valence-electron chi connectivity index (χ2n) is 12.9. The van der Waals surface area contributed by atoms with E-state index >= 15 is 0 Å². The Kier molecular flexibility index (Phi) is 17.7. The number of hydrogen-bond donors (Lipinski definition) is 4. The maximum absolute atomic E-state index is 12.7. The first-order valence-corrected chi connectivity index (χ1v) is 17.4. The van der Waals surface area contributed by atoms with Crippen LogP contribution in [0.5, 0.6) is 0 Å². The highest BCUT2D eigenvalue weighted by atomic mass is 16.8. The quantitative estimate of drug-likeness (QED) is 0.191. The SMILES string of the molecule is CC(=O)OC[C@H]1O[C@H]2OC(C)CCCCCCC=CCCCCCCCC(=O)O[C@H]3[C@H](O)[C@@H](O)[C@H](O[C@@H]2[C@@H](O)[C@@H]1O)O[C@@H]3COC(C)=O. The Morgan fingerprint density at radius 3 is 1.85 bits per heavy atom. The summed E-state index contributed by atoms with van der Waals surface area (Å²) in [6.07, 6.45) is 0.483. The highest BCUT2D eigenvalue weighted by Gasteiger charge is 2.53. The van der Waals surface area contributed by atoms with Gasteiger partial charge in [-0.15, -0.1) is 0 Å². The molecule has 2 bridgehead atoms. The molecule has 0 aromatic heterocycles. The molecule has 48 heavy (non-hydrogen) atoms. The van der Waals surface area contributed by atoms with Crippen molar-refractivity contribution in [3.63, 3.8) is 0 Å². The van der Waals surface area contributed by atoms with Crippen LogP contribution >= 0.6 is 0 Å². The molecule has 1 unspecified atom stereocenters. The predicted molar refractivity (Wildman–Crippen MR) is 169 cm³/mol. The topological polar surface area (TPSA) is 197 Å². The van der Waals surface area contributed by atoms with Crippen LogP contribution in [0, 0.1) is 0 Å². The van der Waals surface area contributed by atoms with Crippen LogP contribution in [0.4, 0.5) is 0 Å². The molecule has 14 heteroatoms. The number of carbonyl (C=O) groups is 3. The second kappa shape index (κ2) is 21.1. The first kappa shape index (κ1) is 40.3. The molecular formula is C34H56O14. The molecule has 0 radical (unpaired) electrons. The van der Waals surface area contributed by atoms with E-state index in [-0.39, 0.29) is 19.1 Å². The molecule has 4 heterocycles. The lowest BCUT2D eigenvalue weighted by Gasteiger charge is -2.47. The largest absolute Gasteiger partial charge is 0.463 e. The lowest BCUT2D eigenvalue weighted by atomic mass is 9.97. The third-order valence-electron chi connectivity index (χ3n) is 8.76. The van der Waals surface area contributed by atoms with E-state index in [0.717, 1.165) is 64.2 Å². The van der Waals surface area contributed by atoms with Crippen molar-refractivity contribution >= 4 is 17.9 Å². The number of allylic oxidation sites excluding steroid dienone is 2. The van der Waals surface area contributed by atoms with E-state index < -0.39 is 85.9 Å². The summed E-state index contributed by atoms with van der Waals surface area (Å²) in [7, 11) is 0. The van der Waals surface area contributed by atoms with Crippen molar-refractivity contribution in [1.82, 2.24) is 0 Å². The molecule has 0 spiro atoms. The molecule has 4 rings (SSSR count). The lowest BCUT2D eigenvalue weighted by molar-refractivity contribution is -0.371. The number of rotatable bonds is 4. The summed E-state index contributed by atoms with van der Waals surface area (Å²) in [6, 6.07) is 0. The maximum atomic E-state index is 12.7. The predicted octanol–water partition coefficient (Wildman–Crippen LogP) is 2.35. The third kappa shape index (κ3) is 13.3. The summed E-state index contributed by atoms with van der Waals surface area (Å²) >= 11 is 0. The van der Waals surface area contributed by atoms with Crippen molar-refractivity contribution in [3.05, 3.63) is 12.2 Å². The summed E-state index contributed by atoms with van der Waals surface area (Å²) < 4.78 is 39.6. The molecule has 0 aromatic rings. The van der Waals surface area contributed by atoms with E-state index in [1.54, 1.807) is 0 Å². The van der Waals surface area contributed by atoms with Crippen molar-refractivity contribution in [3.8, 4) is 0 Å². The Bertz CT molecular complexity index is 1010. The zero-order valence-corrected chi connectivity index (χ0v) is 28.5. The normalized spacial score (nSPS) is 37.1. The lowest BCUT2D eigenvalue weighted by Crippen LogP contribution is -2.65. The molecule has 4 N–H and O–H groups in total. The van der Waals surface area contributed by atoms with Gasteiger partial charge in [0.2, 0.25) is 0 Å². The van der Waals surface area contributed by atoms with Gasteiger partial charge in [-0.1, -0.05) is 50.7 Å². The van der Waals surface area contributed by atoms with Gasteiger partial charge in [-0.3, -0.25) is 14.4 Å². The summed E-state index contributed by atoms with van der Waals surface area (Å²) in [5, 5.41) is 44.2. The molecule has 0 amide bonds. The first-order valence-electron chi connectivity index (χ1n) is 17.4. The van der Waals surface area contributed by atoms with Crippen molar-refractivity contribution in [2.24, 2.45) is 0 Å². The van der Waals surface area contributed by atoms with E-state index in [2.05, 4.69) is 12.2 Å². The van der Waals surface area contributed by atoms with Crippen molar-refractivity contribution in [2.75, 3.05) is 13.2 Å². The average molecular weight is 689 g/mol. The van der Waals surface area contributed by atoms with E-state index in [4.69, 9.17) is 33.2 Å². The minimum absolute atomic E-state index is 0.0919. The Morgan fingerprint density at radius 1 is 0.667 bits per heavy atom. The highest BCUT2D eigenvalue weighted by Crippen LogP contribution is 2.32. The minimum Gasteiger partial charge on any atom is -0.463 e. The van der Waals surface area contributed by atoms with Crippen LogP contribution in [0.2, 0.25) is 0 Å². The summed E-state index contributed by atoms with van der Waals surface area (Å²) in [6.45, 7) is 3.42. The second-order valence-corrected chi connectivity index (χ2v) is 12.9. The molecular weight excluding hydrogens is 632 g/mol. The van der Waals surface area contributed by atoms with E-state index in [9.17, 15) is 34.8 Å². The van der Waals surface area contributed by atoms with E-state index in [1.165, 1.54) is 13.8 Å². The number of aliphatic hydroxyl groups is 4. The Morgan fingerprint density at radius 2 is 1.21 bits per heavy atom. The Balaban J connectivity index is 1.81. The highest BCUT2D eigenvalue weighted by molar-refractivity contribution is 5.69. The van der Waals surface area contributed by atoms with Gasteiger partial charge in [0.25, 0.3) is 0 Å². The number of ether oxygens (including phenoxy) is 7. The van der Waals surface area contributed by atoms with Crippen LogP contribution in [0.1, 0.15) is 104 Å². The Hall–Kier alpha value is -2.17. The van der Waals surface area contributed by atoms with Crippen LogP contribution in [-0.2, 0) is 47.5 Å². The van der Waals surface area contributed by atoms with Gasteiger partial charge in [-0.2, -0.15) is 0 Å². The molecule has 11 atom stereocenters. The minimum atomic E-state index is -1.79. The molecule has 14 nitrogen and oxygen atoms in total. The van der Waals surface area contributed by atoms with Gasteiger partial charge in [0.1, 0.15) is 55.9 Å². The van der Waals surface area contributed by atoms with Gasteiger partial charge in [0, 0.05) is 20.3 Å². The molecule has 2 fully saturated rings. The summed E-state index contributed by atoms with van der Waals surface area (Å²) in [4.78, 5) is 35.8. The van der Waals surface area contributed by atoms with Gasteiger partial charge in [-0.05, 0) is 45.4 Å². The number of aliphatic hydroxyl groups excluding tert-OH is 4. The fraction of sp³-hybridized carbons (Fsp3) is 0.853. The molecule has 0 aliphatic carbocycles. The van der Waals surface area contributed by atoms with Crippen LogP contribution in [0.25, 0.3) is 0 Å². The number of carbonyl (C=O) groups excluding carboxylic acids is 3. The molecule has 276 valence electrons. The van der Waals surface area contributed by atoms with Crippen molar-refractivity contribution < 1.29 is 68.0 Å². The number of esters is 3. The van der Waals surface area contributed by atoms with Gasteiger partial charge < -0.3 is 53.6 Å². The van der Waals surface area contributed by atoms with Crippen LogP contribution in [0.3, 0.4) is 0 Å². The zero-order valence-electron chi connectivity index (χ0n) is 28.5. The standard InChI is InChI=1S/C34H56O14/c1-21-17-15-13-11-9-7-5-4-6-8-10-12-14-16-18-26(37)47-31-25(20-43-23(3)36)46-33(30(41)29(31)40)48-32-28(39)27(38)24(19-42-22(2)35)45-34(32)44-21/h4-5,21,24-25,27-34,38-41H,6-20H2,1-3H3/t21?,24-,25-,27-,28+,29-,30-,31-,32-,33+,34-/m1/s1.